The summed E-state index contributed by atoms with van der Waals surface area (Å²) in [5.74, 6) is -2.55. The summed E-state index contributed by atoms with van der Waals surface area (Å²) < 4.78 is 35.3. The zero-order valence-corrected chi connectivity index (χ0v) is 4.91. The van der Waals surface area contributed by atoms with Crippen molar-refractivity contribution in [2.24, 2.45) is 0 Å². The first kappa shape index (κ1) is 6.86. The predicted octanol–water partition coefficient (Wildman–Crippen LogP) is 0.907. The maximum absolute atomic E-state index is 11.9. The van der Waals surface area contributed by atoms with Gasteiger partial charge in [0, 0.05) is 6.54 Å². The van der Waals surface area contributed by atoms with Gasteiger partial charge in [-0.2, -0.15) is 0 Å². The van der Waals surface area contributed by atoms with Crippen LogP contribution in [0.2, 0.25) is 0 Å². The number of rotatable bonds is 2. The molecule has 1 rings (SSSR count). The number of alkyl halides is 3. The maximum atomic E-state index is 11.9. The summed E-state index contributed by atoms with van der Waals surface area (Å²) in [6.45, 7) is -0.917. The average Bonchev–Trinajstić information content (AvgIpc) is 1.62. The van der Waals surface area contributed by atoms with Gasteiger partial charge in [0.15, 0.2) is 0 Å². The molecule has 0 N–H and O–H groups in total. The van der Waals surface area contributed by atoms with E-state index in [-0.39, 0.29) is 19.6 Å². The zero-order chi connectivity index (χ0) is 6.91. The fourth-order valence-corrected chi connectivity index (χ4v) is 0.886. The molecule has 0 aliphatic carbocycles. The van der Waals surface area contributed by atoms with Crippen molar-refractivity contribution in [3.8, 4) is 0 Å². The highest BCUT2D eigenvalue weighted by molar-refractivity contribution is 4.86. The van der Waals surface area contributed by atoms with Crippen LogP contribution in [-0.4, -0.2) is 37.1 Å². The Hall–Kier alpha value is -0.250. The van der Waals surface area contributed by atoms with E-state index in [0.29, 0.717) is 0 Å². The van der Waals surface area contributed by atoms with Crippen LogP contribution in [0.4, 0.5) is 13.2 Å². The number of halogens is 3. The molecular formula is C5H8F3N. The maximum Gasteiger partial charge on any atom is 0.272 e. The first-order chi connectivity index (χ1) is 4.14. The molecule has 0 aromatic rings. The first-order valence-electron chi connectivity index (χ1n) is 2.80. The largest absolute Gasteiger partial charge is 0.289 e. The standard InChI is InChI=1S/C5H8F3N/c6-1-2-9-3-5(7,8)4-9/h1-4H2. The normalized spacial score (nSPS) is 25.7. The Morgan fingerprint density at radius 2 is 1.89 bits per heavy atom. The molecule has 1 fully saturated rings. The van der Waals surface area contributed by atoms with Crippen molar-refractivity contribution in [1.29, 1.82) is 0 Å². The van der Waals surface area contributed by atoms with Gasteiger partial charge in [0.1, 0.15) is 6.67 Å². The van der Waals surface area contributed by atoms with Gasteiger partial charge in [-0.3, -0.25) is 4.90 Å². The average molecular weight is 139 g/mol. The lowest BCUT2D eigenvalue weighted by atomic mass is 10.1. The van der Waals surface area contributed by atoms with Gasteiger partial charge in [-0.15, -0.1) is 0 Å². The lowest BCUT2D eigenvalue weighted by Crippen LogP contribution is -2.56. The Kier molecular flexibility index (Phi) is 1.66. The third kappa shape index (κ3) is 1.58. The number of nitrogens with zero attached hydrogens (tertiary/aromatic N) is 1. The van der Waals surface area contributed by atoms with Gasteiger partial charge in [-0.1, -0.05) is 0 Å². The van der Waals surface area contributed by atoms with E-state index < -0.39 is 12.6 Å². The van der Waals surface area contributed by atoms with Crippen LogP contribution < -0.4 is 0 Å². The van der Waals surface area contributed by atoms with E-state index in [9.17, 15) is 13.2 Å². The molecular weight excluding hydrogens is 131 g/mol. The lowest BCUT2D eigenvalue weighted by molar-refractivity contribution is -0.131. The summed E-state index contributed by atoms with van der Waals surface area (Å²) in [7, 11) is 0. The predicted molar refractivity (Wildman–Crippen MR) is 27.4 cm³/mol. The van der Waals surface area contributed by atoms with Crippen LogP contribution in [0.15, 0.2) is 0 Å². The summed E-state index contributed by atoms with van der Waals surface area (Å²) in [6, 6.07) is 0. The van der Waals surface area contributed by atoms with E-state index in [1.807, 2.05) is 0 Å². The minimum atomic E-state index is -2.55. The topological polar surface area (TPSA) is 3.24 Å². The molecule has 0 saturated carbocycles. The fraction of sp³-hybridized carbons (Fsp3) is 1.00. The van der Waals surface area contributed by atoms with E-state index in [1.165, 1.54) is 4.90 Å². The van der Waals surface area contributed by atoms with Crippen molar-refractivity contribution < 1.29 is 13.2 Å². The van der Waals surface area contributed by atoms with Crippen LogP contribution in [-0.2, 0) is 0 Å². The van der Waals surface area contributed by atoms with Gasteiger partial charge in [-0.25, -0.2) is 13.2 Å². The zero-order valence-electron chi connectivity index (χ0n) is 4.91. The minimum absolute atomic E-state index is 0.148. The Balaban J connectivity index is 2.12. The third-order valence-corrected chi connectivity index (χ3v) is 1.31. The van der Waals surface area contributed by atoms with Gasteiger partial charge >= 0.3 is 0 Å². The summed E-state index contributed by atoms with van der Waals surface area (Å²) in [5.41, 5.74) is 0. The molecule has 1 heterocycles. The van der Waals surface area contributed by atoms with Crippen molar-refractivity contribution >= 4 is 0 Å². The molecule has 0 aromatic heterocycles. The number of hydrogen-bond acceptors (Lipinski definition) is 1. The van der Waals surface area contributed by atoms with Gasteiger partial charge in [0.25, 0.3) is 5.92 Å². The van der Waals surface area contributed by atoms with Crippen LogP contribution in [0, 0.1) is 0 Å². The van der Waals surface area contributed by atoms with Crippen LogP contribution >= 0.6 is 0 Å². The molecule has 1 saturated heterocycles. The highest BCUT2D eigenvalue weighted by Crippen LogP contribution is 2.25. The molecule has 1 aliphatic heterocycles. The molecule has 0 atom stereocenters. The van der Waals surface area contributed by atoms with Crippen LogP contribution in [0.5, 0.6) is 0 Å². The Labute approximate surface area is 51.4 Å². The number of likely N-dealkylation sites (tertiary alicyclic amines) is 1. The summed E-state index contributed by atoms with van der Waals surface area (Å²) >= 11 is 0. The van der Waals surface area contributed by atoms with Gasteiger partial charge in [-0.05, 0) is 0 Å². The van der Waals surface area contributed by atoms with E-state index in [1.54, 1.807) is 0 Å². The molecule has 0 unspecified atom stereocenters. The van der Waals surface area contributed by atoms with E-state index in [4.69, 9.17) is 0 Å². The van der Waals surface area contributed by atoms with E-state index in [2.05, 4.69) is 0 Å². The van der Waals surface area contributed by atoms with Crippen LogP contribution in [0.25, 0.3) is 0 Å². The van der Waals surface area contributed by atoms with E-state index in [0.717, 1.165) is 0 Å². The highest BCUT2D eigenvalue weighted by Gasteiger charge is 2.43. The fourth-order valence-electron chi connectivity index (χ4n) is 0.886. The van der Waals surface area contributed by atoms with Crippen molar-refractivity contribution in [3.63, 3.8) is 0 Å². The first-order valence-corrected chi connectivity index (χ1v) is 2.80. The molecule has 4 heteroatoms. The summed E-state index contributed by atoms with van der Waals surface area (Å²) in [6.07, 6.45) is 0. The van der Waals surface area contributed by atoms with Crippen molar-refractivity contribution in [1.82, 2.24) is 4.90 Å². The monoisotopic (exact) mass is 139 g/mol. The summed E-state index contributed by atoms with van der Waals surface area (Å²) in [4.78, 5) is 1.39. The van der Waals surface area contributed by atoms with Gasteiger partial charge in [0.05, 0.1) is 13.1 Å². The third-order valence-electron chi connectivity index (χ3n) is 1.31. The molecule has 54 valence electrons. The second-order valence-electron chi connectivity index (χ2n) is 2.26. The van der Waals surface area contributed by atoms with Gasteiger partial charge in [0.2, 0.25) is 0 Å². The Bertz CT molecular complexity index is 96.4. The summed E-state index contributed by atoms with van der Waals surface area (Å²) in [5, 5.41) is 0. The number of hydrogen-bond donors (Lipinski definition) is 0. The van der Waals surface area contributed by atoms with Gasteiger partial charge < -0.3 is 0 Å². The molecule has 1 nitrogen and oxygen atoms in total. The smallest absolute Gasteiger partial charge is 0.272 e. The molecule has 1 aliphatic rings. The van der Waals surface area contributed by atoms with Crippen molar-refractivity contribution in [3.05, 3.63) is 0 Å². The lowest BCUT2D eigenvalue weighted by Gasteiger charge is -2.37. The molecule has 9 heavy (non-hydrogen) atoms. The molecule has 0 amide bonds. The van der Waals surface area contributed by atoms with E-state index >= 15 is 0 Å². The van der Waals surface area contributed by atoms with Crippen LogP contribution in [0.1, 0.15) is 0 Å². The Morgan fingerprint density at radius 1 is 1.33 bits per heavy atom. The second kappa shape index (κ2) is 2.17. The highest BCUT2D eigenvalue weighted by atomic mass is 19.3. The van der Waals surface area contributed by atoms with Crippen molar-refractivity contribution in [2.75, 3.05) is 26.3 Å². The minimum Gasteiger partial charge on any atom is -0.289 e. The molecule has 0 aromatic carbocycles. The molecule has 0 spiro atoms. The van der Waals surface area contributed by atoms with Crippen molar-refractivity contribution in [2.45, 2.75) is 5.92 Å². The Morgan fingerprint density at radius 3 is 2.22 bits per heavy atom. The second-order valence-corrected chi connectivity index (χ2v) is 2.26. The molecule has 0 radical (unpaired) electrons. The van der Waals surface area contributed by atoms with Crippen LogP contribution in [0.3, 0.4) is 0 Å². The quantitative estimate of drug-likeness (QED) is 0.549. The molecule has 0 bridgehead atoms. The SMILES string of the molecule is FCCN1CC(F)(F)C1.